The highest BCUT2D eigenvalue weighted by Gasteiger charge is 2.27. The number of hydrogen-bond acceptors (Lipinski definition) is 3. The van der Waals surface area contributed by atoms with Gasteiger partial charge in [-0.15, -0.1) is 0 Å². The second-order valence-corrected chi connectivity index (χ2v) is 6.55. The summed E-state index contributed by atoms with van der Waals surface area (Å²) in [7, 11) is -3.47. The lowest BCUT2D eigenvalue weighted by Gasteiger charge is -2.19. The molecule has 2 aromatic carbocycles. The molecule has 0 aromatic heterocycles. The van der Waals surface area contributed by atoms with Crippen LogP contribution in [0.1, 0.15) is 5.56 Å². The van der Waals surface area contributed by atoms with Crippen LogP contribution in [0.5, 0.6) is 5.75 Å². The minimum absolute atomic E-state index is 0.319. The van der Waals surface area contributed by atoms with E-state index in [1.807, 2.05) is 24.3 Å². The van der Waals surface area contributed by atoms with Gasteiger partial charge in [0.05, 0.1) is 4.90 Å². The van der Waals surface area contributed by atoms with Gasteiger partial charge in [-0.05, 0) is 18.2 Å². The van der Waals surface area contributed by atoms with E-state index in [2.05, 4.69) is 0 Å². The summed E-state index contributed by atoms with van der Waals surface area (Å²) in [6.07, 6.45) is 0. The average molecular weight is 289 g/mol. The summed E-state index contributed by atoms with van der Waals surface area (Å²) >= 11 is 0. The Morgan fingerprint density at radius 1 is 0.950 bits per heavy atom. The molecule has 0 amide bonds. The van der Waals surface area contributed by atoms with Crippen molar-refractivity contribution >= 4 is 10.0 Å². The van der Waals surface area contributed by atoms with Crippen molar-refractivity contribution in [3.8, 4) is 5.75 Å². The molecular formula is C15H15NO3S. The van der Waals surface area contributed by atoms with Gasteiger partial charge in [-0.2, -0.15) is 4.31 Å². The first-order valence-corrected chi connectivity index (χ1v) is 7.88. The van der Waals surface area contributed by atoms with Crippen LogP contribution in [0, 0.1) is 0 Å². The molecule has 0 unspecified atom stereocenters. The predicted octanol–water partition coefficient (Wildman–Crippen LogP) is 2.27. The number of hydrogen-bond donors (Lipinski definition) is 0. The Hall–Kier alpha value is -1.85. The van der Waals surface area contributed by atoms with Crippen LogP contribution in [0.2, 0.25) is 0 Å². The molecule has 0 aliphatic carbocycles. The smallest absolute Gasteiger partial charge is 0.243 e. The van der Waals surface area contributed by atoms with E-state index in [0.717, 1.165) is 11.3 Å². The highest BCUT2D eigenvalue weighted by atomic mass is 32.2. The quantitative estimate of drug-likeness (QED) is 0.852. The number of rotatable bonds is 2. The molecule has 1 aliphatic heterocycles. The minimum atomic E-state index is -3.47. The third kappa shape index (κ3) is 2.42. The maximum atomic E-state index is 12.6. The van der Waals surface area contributed by atoms with Gasteiger partial charge in [0.2, 0.25) is 10.0 Å². The first-order chi connectivity index (χ1) is 9.68. The van der Waals surface area contributed by atoms with E-state index in [4.69, 9.17) is 4.74 Å². The van der Waals surface area contributed by atoms with E-state index < -0.39 is 10.0 Å². The first kappa shape index (κ1) is 13.1. The number of nitrogens with zero attached hydrogens (tertiary/aromatic N) is 1. The Kier molecular flexibility index (Phi) is 3.46. The molecule has 1 aliphatic rings. The molecule has 0 fully saturated rings. The zero-order chi connectivity index (χ0) is 14.0. The van der Waals surface area contributed by atoms with Crippen LogP contribution in [0.4, 0.5) is 0 Å². The Balaban J connectivity index is 1.96. The largest absolute Gasteiger partial charge is 0.492 e. The van der Waals surface area contributed by atoms with Gasteiger partial charge in [0.25, 0.3) is 0 Å². The van der Waals surface area contributed by atoms with E-state index in [0.29, 0.717) is 24.6 Å². The van der Waals surface area contributed by atoms with Crippen molar-refractivity contribution in [1.29, 1.82) is 0 Å². The van der Waals surface area contributed by atoms with Crippen LogP contribution >= 0.6 is 0 Å². The summed E-state index contributed by atoms with van der Waals surface area (Å²) in [5, 5.41) is 0. The molecule has 0 saturated heterocycles. The third-order valence-electron chi connectivity index (χ3n) is 3.30. The topological polar surface area (TPSA) is 46.6 Å². The summed E-state index contributed by atoms with van der Waals surface area (Å²) in [5.41, 5.74) is 0.893. The van der Waals surface area contributed by atoms with Crippen LogP contribution in [-0.2, 0) is 16.6 Å². The summed E-state index contributed by atoms with van der Waals surface area (Å²) in [6, 6.07) is 16.0. The summed E-state index contributed by atoms with van der Waals surface area (Å²) < 4.78 is 32.3. The molecule has 0 spiro atoms. The number of para-hydroxylation sites is 1. The van der Waals surface area contributed by atoms with E-state index >= 15 is 0 Å². The van der Waals surface area contributed by atoms with Crippen LogP contribution in [0.15, 0.2) is 59.5 Å². The number of ether oxygens (including phenoxy) is 1. The maximum Gasteiger partial charge on any atom is 0.243 e. The van der Waals surface area contributed by atoms with Crippen molar-refractivity contribution in [2.24, 2.45) is 0 Å². The average Bonchev–Trinajstić information content (AvgIpc) is 2.71. The predicted molar refractivity (Wildman–Crippen MR) is 76.0 cm³/mol. The van der Waals surface area contributed by atoms with Crippen LogP contribution in [0.25, 0.3) is 0 Å². The fourth-order valence-electron chi connectivity index (χ4n) is 2.25. The molecule has 0 bridgehead atoms. The summed E-state index contributed by atoms with van der Waals surface area (Å²) in [4.78, 5) is 0.319. The van der Waals surface area contributed by atoms with Crippen molar-refractivity contribution in [2.45, 2.75) is 11.4 Å². The van der Waals surface area contributed by atoms with Gasteiger partial charge < -0.3 is 4.74 Å². The maximum absolute atomic E-state index is 12.6. The molecule has 3 rings (SSSR count). The van der Waals surface area contributed by atoms with E-state index in [-0.39, 0.29) is 0 Å². The Morgan fingerprint density at radius 3 is 2.45 bits per heavy atom. The highest BCUT2D eigenvalue weighted by Crippen LogP contribution is 2.26. The van der Waals surface area contributed by atoms with Gasteiger partial charge in [0.15, 0.2) is 0 Å². The SMILES string of the molecule is O=S(=O)(c1ccccc1)N1CCOc2ccccc2C1. The lowest BCUT2D eigenvalue weighted by Crippen LogP contribution is -2.32. The molecule has 20 heavy (non-hydrogen) atoms. The molecule has 4 nitrogen and oxygen atoms in total. The Morgan fingerprint density at radius 2 is 1.65 bits per heavy atom. The van der Waals surface area contributed by atoms with Crippen LogP contribution < -0.4 is 4.74 Å². The zero-order valence-electron chi connectivity index (χ0n) is 10.9. The second kappa shape index (κ2) is 5.26. The van der Waals surface area contributed by atoms with E-state index in [1.165, 1.54) is 4.31 Å². The van der Waals surface area contributed by atoms with Gasteiger partial charge >= 0.3 is 0 Å². The van der Waals surface area contributed by atoms with Gasteiger partial charge in [0, 0.05) is 18.7 Å². The van der Waals surface area contributed by atoms with Crippen molar-refractivity contribution < 1.29 is 13.2 Å². The summed E-state index contributed by atoms with van der Waals surface area (Å²) in [6.45, 7) is 1.06. The molecule has 0 saturated carbocycles. The molecular weight excluding hydrogens is 274 g/mol. The van der Waals surface area contributed by atoms with Gasteiger partial charge in [-0.25, -0.2) is 8.42 Å². The Bertz CT molecular complexity index is 698. The van der Waals surface area contributed by atoms with E-state index in [1.54, 1.807) is 30.3 Å². The standard InChI is InChI=1S/C15H15NO3S/c17-20(18,14-7-2-1-3-8-14)16-10-11-19-15-9-5-4-6-13(15)12-16/h1-9H,10-12H2. The zero-order valence-corrected chi connectivity index (χ0v) is 11.7. The molecule has 5 heteroatoms. The second-order valence-electron chi connectivity index (χ2n) is 4.61. The molecule has 2 aromatic rings. The molecule has 0 N–H and O–H groups in total. The minimum Gasteiger partial charge on any atom is -0.492 e. The van der Waals surface area contributed by atoms with Crippen molar-refractivity contribution in [2.75, 3.05) is 13.2 Å². The van der Waals surface area contributed by atoms with Gasteiger partial charge in [-0.3, -0.25) is 0 Å². The number of benzene rings is 2. The molecule has 0 radical (unpaired) electrons. The van der Waals surface area contributed by atoms with Crippen LogP contribution in [0.3, 0.4) is 0 Å². The van der Waals surface area contributed by atoms with Crippen LogP contribution in [-0.4, -0.2) is 25.9 Å². The molecule has 0 atom stereocenters. The van der Waals surface area contributed by atoms with Crippen molar-refractivity contribution in [1.82, 2.24) is 4.31 Å². The fourth-order valence-corrected chi connectivity index (χ4v) is 3.67. The Labute approximate surface area is 118 Å². The lowest BCUT2D eigenvalue weighted by molar-refractivity contribution is 0.293. The highest BCUT2D eigenvalue weighted by molar-refractivity contribution is 7.89. The third-order valence-corrected chi connectivity index (χ3v) is 5.16. The summed E-state index contributed by atoms with van der Waals surface area (Å²) in [5.74, 6) is 0.762. The molecule has 104 valence electrons. The number of sulfonamides is 1. The lowest BCUT2D eigenvalue weighted by atomic mass is 10.2. The number of fused-ring (bicyclic) bond motifs is 1. The van der Waals surface area contributed by atoms with Crippen molar-refractivity contribution in [3.05, 3.63) is 60.2 Å². The van der Waals surface area contributed by atoms with Crippen molar-refractivity contribution in [3.63, 3.8) is 0 Å². The van der Waals surface area contributed by atoms with E-state index in [9.17, 15) is 8.42 Å². The van der Waals surface area contributed by atoms with Gasteiger partial charge in [-0.1, -0.05) is 36.4 Å². The monoisotopic (exact) mass is 289 g/mol. The normalized spacial score (nSPS) is 16.0. The fraction of sp³-hybridized carbons (Fsp3) is 0.200. The molecule has 1 heterocycles. The first-order valence-electron chi connectivity index (χ1n) is 6.44. The van der Waals surface area contributed by atoms with Gasteiger partial charge in [0.1, 0.15) is 12.4 Å².